The summed E-state index contributed by atoms with van der Waals surface area (Å²) in [5.41, 5.74) is 3.04. The molecular formula is C19H21N3O5S. The molecule has 28 heavy (non-hydrogen) atoms. The van der Waals surface area contributed by atoms with Crippen LogP contribution in [0.15, 0.2) is 64.9 Å². The summed E-state index contributed by atoms with van der Waals surface area (Å²) >= 11 is 0. The maximum Gasteiger partial charge on any atom is 0.261 e. The molecule has 0 saturated carbocycles. The maximum absolute atomic E-state index is 13.3. The van der Waals surface area contributed by atoms with Gasteiger partial charge in [-0.3, -0.25) is 10.0 Å². The summed E-state index contributed by atoms with van der Waals surface area (Å²) in [5.74, 6) is -0.209. The van der Waals surface area contributed by atoms with E-state index in [1.165, 1.54) is 19.2 Å². The summed E-state index contributed by atoms with van der Waals surface area (Å²) in [7, 11) is -2.47. The van der Waals surface area contributed by atoms with E-state index >= 15 is 0 Å². The van der Waals surface area contributed by atoms with Crippen LogP contribution in [-0.2, 0) is 14.8 Å². The third-order valence-corrected chi connectivity index (χ3v) is 7.56. The van der Waals surface area contributed by atoms with E-state index in [0.717, 1.165) is 15.6 Å². The number of allylic oxidation sites excluding steroid dienone is 4. The van der Waals surface area contributed by atoms with Gasteiger partial charge in [-0.2, -0.15) is 4.31 Å². The Morgan fingerprint density at radius 3 is 2.79 bits per heavy atom. The van der Waals surface area contributed by atoms with Gasteiger partial charge in [0.2, 0.25) is 10.0 Å². The number of hydrogen-bond acceptors (Lipinski definition) is 6. The predicted molar refractivity (Wildman–Crippen MR) is 101 cm³/mol. The molecular weight excluding hydrogens is 382 g/mol. The van der Waals surface area contributed by atoms with Crippen LogP contribution < -0.4 is 15.5 Å². The summed E-state index contributed by atoms with van der Waals surface area (Å²) in [6.45, 7) is 0.0601. The van der Waals surface area contributed by atoms with Gasteiger partial charge in [-0.25, -0.2) is 13.9 Å². The van der Waals surface area contributed by atoms with Gasteiger partial charge in [-0.1, -0.05) is 12.2 Å². The topological polar surface area (TPSA) is 108 Å². The number of nitrogens with one attached hydrogen (secondary N) is 2. The standard InChI is InChI=1S/C19H21N3O5S/c1-27-14-5-7-15(8-6-14)28(25,26)22-12-13-11-20-17-4-2-3-9-19(13,17)10-16(22)18(23)21-24/h2-8,11,16,20,24H,9-10,12H2,1H3,(H,21,23)/t16-,19?/m1/s1. The van der Waals surface area contributed by atoms with E-state index in [0.29, 0.717) is 12.2 Å². The lowest BCUT2D eigenvalue weighted by Gasteiger charge is -2.45. The van der Waals surface area contributed by atoms with Crippen molar-refractivity contribution < 1.29 is 23.2 Å². The molecule has 2 aliphatic heterocycles. The Labute approximate surface area is 163 Å². The van der Waals surface area contributed by atoms with E-state index in [4.69, 9.17) is 4.74 Å². The minimum Gasteiger partial charge on any atom is -0.497 e. The lowest BCUT2D eigenvalue weighted by Crippen LogP contribution is -2.56. The molecule has 2 atom stereocenters. The molecule has 1 spiro atoms. The molecule has 4 rings (SSSR count). The van der Waals surface area contributed by atoms with Crippen molar-refractivity contribution in [2.45, 2.75) is 23.8 Å². The van der Waals surface area contributed by atoms with E-state index in [1.54, 1.807) is 17.6 Å². The Hall–Kier alpha value is -2.62. The van der Waals surface area contributed by atoms with E-state index < -0.39 is 27.4 Å². The van der Waals surface area contributed by atoms with Crippen molar-refractivity contribution in [3.05, 3.63) is 60.0 Å². The number of benzene rings is 1. The van der Waals surface area contributed by atoms with Gasteiger partial charge in [0.05, 0.1) is 12.0 Å². The Morgan fingerprint density at radius 1 is 1.36 bits per heavy atom. The highest BCUT2D eigenvalue weighted by Gasteiger charge is 2.53. The second kappa shape index (κ2) is 6.77. The minimum atomic E-state index is -3.97. The Balaban J connectivity index is 1.74. The van der Waals surface area contributed by atoms with Crippen LogP contribution >= 0.6 is 0 Å². The molecule has 2 heterocycles. The summed E-state index contributed by atoms with van der Waals surface area (Å²) in [6, 6.07) is 4.97. The second-order valence-corrected chi connectivity index (χ2v) is 8.92. The number of methoxy groups -OCH3 is 1. The van der Waals surface area contributed by atoms with Crippen LogP contribution in [0.3, 0.4) is 0 Å². The van der Waals surface area contributed by atoms with Crippen molar-refractivity contribution >= 4 is 15.9 Å². The number of hydrogen-bond donors (Lipinski definition) is 3. The van der Waals surface area contributed by atoms with Crippen LogP contribution in [0.1, 0.15) is 12.8 Å². The van der Waals surface area contributed by atoms with Gasteiger partial charge in [-0.05, 0) is 48.8 Å². The molecule has 8 nitrogen and oxygen atoms in total. The Bertz CT molecular complexity index is 997. The van der Waals surface area contributed by atoms with Crippen molar-refractivity contribution in [1.29, 1.82) is 0 Å². The molecule has 1 saturated heterocycles. The van der Waals surface area contributed by atoms with Crippen molar-refractivity contribution in [3.8, 4) is 5.75 Å². The number of amides is 1. The highest BCUT2D eigenvalue weighted by atomic mass is 32.2. The number of carbonyl (C=O) groups is 1. The van der Waals surface area contributed by atoms with Crippen molar-refractivity contribution in [2.24, 2.45) is 5.41 Å². The largest absolute Gasteiger partial charge is 0.497 e. The second-order valence-electron chi connectivity index (χ2n) is 7.03. The molecule has 1 amide bonds. The van der Waals surface area contributed by atoms with Gasteiger partial charge in [0.15, 0.2) is 0 Å². The molecule has 9 heteroatoms. The van der Waals surface area contributed by atoms with Crippen molar-refractivity contribution in [3.63, 3.8) is 0 Å². The molecule has 148 valence electrons. The fraction of sp³-hybridized carbons (Fsp3) is 0.316. The molecule has 1 aromatic carbocycles. The van der Waals surface area contributed by atoms with E-state index in [1.807, 2.05) is 24.4 Å². The predicted octanol–water partition coefficient (Wildman–Crippen LogP) is 1.28. The van der Waals surface area contributed by atoms with Crippen LogP contribution in [0, 0.1) is 5.41 Å². The molecule has 1 fully saturated rings. The summed E-state index contributed by atoms with van der Waals surface area (Å²) in [5, 5.41) is 12.5. The number of hydroxylamine groups is 1. The molecule has 1 unspecified atom stereocenters. The zero-order valence-electron chi connectivity index (χ0n) is 15.3. The third kappa shape index (κ3) is 2.74. The smallest absolute Gasteiger partial charge is 0.261 e. The van der Waals surface area contributed by atoms with Crippen LogP contribution in [-0.4, -0.2) is 43.5 Å². The van der Waals surface area contributed by atoms with Gasteiger partial charge in [0.25, 0.3) is 5.91 Å². The lowest BCUT2D eigenvalue weighted by molar-refractivity contribution is -0.134. The maximum atomic E-state index is 13.3. The summed E-state index contributed by atoms with van der Waals surface area (Å²) < 4.78 is 32.9. The normalized spacial score (nSPS) is 26.4. The molecule has 0 aromatic heterocycles. The van der Waals surface area contributed by atoms with E-state index in [9.17, 15) is 18.4 Å². The lowest BCUT2D eigenvalue weighted by atomic mass is 9.68. The molecule has 0 bridgehead atoms. The minimum absolute atomic E-state index is 0.0601. The number of piperidine rings is 1. The van der Waals surface area contributed by atoms with Crippen molar-refractivity contribution in [1.82, 2.24) is 15.1 Å². The number of rotatable bonds is 4. The third-order valence-electron chi connectivity index (χ3n) is 5.69. The molecule has 1 aliphatic carbocycles. The average molecular weight is 403 g/mol. The Morgan fingerprint density at radius 2 is 2.11 bits per heavy atom. The zero-order valence-corrected chi connectivity index (χ0v) is 16.1. The van der Waals surface area contributed by atoms with E-state index in [2.05, 4.69) is 5.32 Å². The number of ether oxygens (including phenoxy) is 1. The average Bonchev–Trinajstić information content (AvgIpc) is 3.11. The quantitative estimate of drug-likeness (QED) is 0.516. The number of carbonyl (C=O) groups excluding carboxylic acids is 1. The fourth-order valence-electron chi connectivity index (χ4n) is 4.16. The first kappa shape index (κ1) is 18.7. The van der Waals surface area contributed by atoms with E-state index in [-0.39, 0.29) is 17.9 Å². The summed E-state index contributed by atoms with van der Waals surface area (Å²) in [4.78, 5) is 12.5. The van der Waals surface area contributed by atoms with Gasteiger partial charge in [0.1, 0.15) is 11.8 Å². The van der Waals surface area contributed by atoms with Crippen LogP contribution in [0.5, 0.6) is 5.75 Å². The first-order valence-corrected chi connectivity index (χ1v) is 10.3. The summed E-state index contributed by atoms with van der Waals surface area (Å²) in [6.07, 6.45) is 8.61. The SMILES string of the molecule is COc1ccc(S(=O)(=O)N2CC3=CNC4=CC=CCC34C[C@@H]2C(=O)NO)cc1. The zero-order chi connectivity index (χ0) is 19.9. The number of sulfonamides is 1. The van der Waals surface area contributed by atoms with Gasteiger partial charge in [-0.15, -0.1) is 0 Å². The van der Waals surface area contributed by atoms with Crippen LogP contribution in [0.2, 0.25) is 0 Å². The molecule has 3 aliphatic rings. The van der Waals surface area contributed by atoms with Crippen LogP contribution in [0.25, 0.3) is 0 Å². The van der Waals surface area contributed by atoms with Gasteiger partial charge >= 0.3 is 0 Å². The highest BCUT2D eigenvalue weighted by Crippen LogP contribution is 2.51. The monoisotopic (exact) mass is 403 g/mol. The number of nitrogens with zero attached hydrogens (tertiary/aromatic N) is 1. The molecule has 0 radical (unpaired) electrons. The molecule has 1 aromatic rings. The van der Waals surface area contributed by atoms with Gasteiger partial charge in [0, 0.05) is 23.9 Å². The first-order valence-electron chi connectivity index (χ1n) is 8.85. The Kier molecular flexibility index (Phi) is 4.53. The fourth-order valence-corrected chi connectivity index (χ4v) is 5.73. The first-order chi connectivity index (χ1) is 13.4. The highest BCUT2D eigenvalue weighted by molar-refractivity contribution is 7.89. The van der Waals surface area contributed by atoms with Crippen molar-refractivity contribution in [2.75, 3.05) is 13.7 Å². The molecule has 3 N–H and O–H groups in total. The van der Waals surface area contributed by atoms with Gasteiger partial charge < -0.3 is 10.1 Å². The van der Waals surface area contributed by atoms with Crippen LogP contribution in [0.4, 0.5) is 0 Å².